The highest BCUT2D eigenvalue weighted by Crippen LogP contribution is 2.56. The number of nitrogens with two attached hydrogens (primary N) is 1. The van der Waals surface area contributed by atoms with Gasteiger partial charge in [-0.05, 0) is 46.0 Å². The summed E-state index contributed by atoms with van der Waals surface area (Å²) in [6.45, 7) is 0. The molecule has 4 aromatic rings. The average molecular weight is 393 g/mol. The van der Waals surface area contributed by atoms with Crippen LogP contribution in [0.15, 0.2) is 97.1 Å². The van der Waals surface area contributed by atoms with E-state index in [-0.39, 0.29) is 11.4 Å². The van der Waals surface area contributed by atoms with Crippen molar-refractivity contribution in [3.05, 3.63) is 114 Å². The van der Waals surface area contributed by atoms with E-state index in [9.17, 15) is 4.79 Å². The normalized spacial score (nSPS) is 20.1. The van der Waals surface area contributed by atoms with E-state index in [0.29, 0.717) is 12.3 Å². The second kappa shape index (κ2) is 7.43. The van der Waals surface area contributed by atoms with Gasteiger partial charge in [0.05, 0.1) is 6.42 Å². The number of rotatable bonds is 5. The zero-order chi connectivity index (χ0) is 20.6. The molecule has 1 aliphatic rings. The Balaban J connectivity index is 1.23. The Bertz CT molecular complexity index is 1200. The summed E-state index contributed by atoms with van der Waals surface area (Å²) in [5.74, 6) is 0.309. The molecule has 0 radical (unpaired) electrons. The quantitative estimate of drug-likeness (QED) is 0.480. The van der Waals surface area contributed by atoms with Crippen molar-refractivity contribution in [1.82, 2.24) is 0 Å². The summed E-state index contributed by atoms with van der Waals surface area (Å²) in [5.41, 5.74) is 10.6. The van der Waals surface area contributed by atoms with E-state index in [0.717, 1.165) is 23.1 Å². The Morgan fingerprint density at radius 3 is 2.33 bits per heavy atom. The molecule has 30 heavy (non-hydrogen) atoms. The third-order valence-corrected chi connectivity index (χ3v) is 6.09. The number of carbonyl (C=O) groups is 1. The molecule has 0 spiro atoms. The number of benzene rings is 4. The molecular formula is C27H24N2O. The van der Waals surface area contributed by atoms with Crippen LogP contribution in [0.5, 0.6) is 0 Å². The Hall–Kier alpha value is -3.43. The van der Waals surface area contributed by atoms with E-state index in [1.165, 1.54) is 16.5 Å². The summed E-state index contributed by atoms with van der Waals surface area (Å²) in [5, 5.41) is 5.34. The van der Waals surface area contributed by atoms with Gasteiger partial charge in [-0.25, -0.2) is 0 Å². The maximum absolute atomic E-state index is 12.5. The molecule has 5 rings (SSSR count). The van der Waals surface area contributed by atoms with Crippen molar-refractivity contribution in [2.45, 2.75) is 24.3 Å². The lowest BCUT2D eigenvalue weighted by Gasteiger charge is -2.13. The molecule has 0 aromatic heterocycles. The summed E-state index contributed by atoms with van der Waals surface area (Å²) < 4.78 is 0. The Morgan fingerprint density at radius 1 is 0.867 bits per heavy atom. The smallest absolute Gasteiger partial charge is 0.228 e. The highest BCUT2D eigenvalue weighted by molar-refractivity contribution is 5.93. The highest BCUT2D eigenvalue weighted by atomic mass is 16.1. The largest absolute Gasteiger partial charge is 0.326 e. The van der Waals surface area contributed by atoms with Crippen LogP contribution >= 0.6 is 0 Å². The molecule has 0 aliphatic heterocycles. The summed E-state index contributed by atoms with van der Waals surface area (Å²) in [6, 6.07) is 32.7. The van der Waals surface area contributed by atoms with Gasteiger partial charge in [0.2, 0.25) is 5.91 Å². The number of fused-ring (bicyclic) bond motifs is 1. The summed E-state index contributed by atoms with van der Waals surface area (Å²) in [6.07, 6.45) is 1.31. The van der Waals surface area contributed by atoms with Gasteiger partial charge in [-0.3, -0.25) is 4.79 Å². The van der Waals surface area contributed by atoms with Gasteiger partial charge in [0.25, 0.3) is 0 Å². The molecule has 0 heterocycles. The summed E-state index contributed by atoms with van der Waals surface area (Å²) >= 11 is 0. The van der Waals surface area contributed by atoms with Crippen LogP contribution in [0.4, 0.5) is 5.69 Å². The first kappa shape index (κ1) is 18.6. The van der Waals surface area contributed by atoms with Crippen LogP contribution in [0.1, 0.15) is 29.0 Å². The second-order valence-electron chi connectivity index (χ2n) is 8.19. The zero-order valence-electron chi connectivity index (χ0n) is 16.7. The molecule has 2 atom stereocenters. The topological polar surface area (TPSA) is 55.1 Å². The van der Waals surface area contributed by atoms with E-state index in [1.807, 2.05) is 48.5 Å². The van der Waals surface area contributed by atoms with Gasteiger partial charge in [-0.15, -0.1) is 0 Å². The number of carbonyl (C=O) groups excluding carboxylic acids is 1. The third-order valence-electron chi connectivity index (χ3n) is 6.09. The lowest BCUT2D eigenvalue weighted by atomic mass is 9.99. The van der Waals surface area contributed by atoms with Gasteiger partial charge >= 0.3 is 0 Å². The minimum atomic E-state index is -0.276. The molecule has 0 unspecified atom stereocenters. The molecule has 1 aliphatic carbocycles. The lowest BCUT2D eigenvalue weighted by Crippen LogP contribution is -2.21. The van der Waals surface area contributed by atoms with E-state index in [4.69, 9.17) is 5.73 Å². The molecule has 1 saturated carbocycles. The van der Waals surface area contributed by atoms with Crippen LogP contribution in [0.2, 0.25) is 0 Å². The van der Waals surface area contributed by atoms with Crippen molar-refractivity contribution in [3.8, 4) is 0 Å². The fraction of sp³-hybridized carbons (Fsp3) is 0.148. The zero-order valence-corrected chi connectivity index (χ0v) is 16.7. The van der Waals surface area contributed by atoms with Gasteiger partial charge in [0, 0.05) is 17.1 Å². The van der Waals surface area contributed by atoms with Crippen molar-refractivity contribution in [1.29, 1.82) is 0 Å². The minimum Gasteiger partial charge on any atom is -0.326 e. The van der Waals surface area contributed by atoms with Crippen LogP contribution in [0, 0.1) is 0 Å². The number of anilines is 1. The van der Waals surface area contributed by atoms with Gasteiger partial charge < -0.3 is 11.1 Å². The lowest BCUT2D eigenvalue weighted by molar-refractivity contribution is -0.115. The minimum absolute atomic E-state index is 0.0121. The SMILES string of the molecule is N[C@@]1(c2ccccc2)C[C@H]1c1ccc(NC(=O)Cc2ccc3ccccc3c2)cc1. The number of amides is 1. The van der Waals surface area contributed by atoms with Gasteiger partial charge in [-0.1, -0.05) is 84.9 Å². The molecule has 0 saturated heterocycles. The average Bonchev–Trinajstić information content (AvgIpc) is 3.47. The van der Waals surface area contributed by atoms with Crippen LogP contribution in [-0.4, -0.2) is 5.91 Å². The van der Waals surface area contributed by atoms with Gasteiger partial charge in [0.1, 0.15) is 0 Å². The monoisotopic (exact) mass is 392 g/mol. The molecular weight excluding hydrogens is 368 g/mol. The Labute approximate surface area is 176 Å². The van der Waals surface area contributed by atoms with Crippen molar-refractivity contribution in [3.63, 3.8) is 0 Å². The number of hydrogen-bond donors (Lipinski definition) is 2. The van der Waals surface area contributed by atoms with E-state index >= 15 is 0 Å². The first-order chi connectivity index (χ1) is 14.6. The van der Waals surface area contributed by atoms with Crippen molar-refractivity contribution >= 4 is 22.4 Å². The molecule has 148 valence electrons. The van der Waals surface area contributed by atoms with Crippen LogP contribution < -0.4 is 11.1 Å². The predicted molar refractivity (Wildman–Crippen MR) is 122 cm³/mol. The molecule has 3 heteroatoms. The fourth-order valence-corrected chi connectivity index (χ4v) is 4.30. The second-order valence-corrected chi connectivity index (χ2v) is 8.19. The summed E-state index contributed by atoms with van der Waals surface area (Å²) in [7, 11) is 0. The Morgan fingerprint density at radius 2 is 1.57 bits per heavy atom. The molecule has 0 bridgehead atoms. The first-order valence-electron chi connectivity index (χ1n) is 10.3. The van der Waals surface area contributed by atoms with Crippen LogP contribution in [0.3, 0.4) is 0 Å². The van der Waals surface area contributed by atoms with Crippen molar-refractivity contribution in [2.24, 2.45) is 5.73 Å². The molecule has 1 fully saturated rings. The van der Waals surface area contributed by atoms with E-state index < -0.39 is 0 Å². The van der Waals surface area contributed by atoms with Crippen molar-refractivity contribution in [2.75, 3.05) is 5.32 Å². The molecule has 3 N–H and O–H groups in total. The summed E-state index contributed by atoms with van der Waals surface area (Å²) in [4.78, 5) is 12.5. The molecule has 3 nitrogen and oxygen atoms in total. The standard InChI is InChI=1S/C27H24N2O/c28-27(23-8-2-1-3-9-23)18-25(27)21-12-14-24(15-13-21)29-26(30)17-19-10-11-20-6-4-5-7-22(20)16-19/h1-16,25H,17-18,28H2,(H,29,30)/t25-,27+/m0/s1. The highest BCUT2D eigenvalue weighted by Gasteiger charge is 2.52. The van der Waals surface area contributed by atoms with Gasteiger partial charge in [0.15, 0.2) is 0 Å². The van der Waals surface area contributed by atoms with Crippen molar-refractivity contribution < 1.29 is 4.79 Å². The third kappa shape index (κ3) is 3.60. The molecule has 4 aromatic carbocycles. The number of hydrogen-bond acceptors (Lipinski definition) is 2. The maximum atomic E-state index is 12.5. The first-order valence-corrected chi connectivity index (χ1v) is 10.3. The van der Waals surface area contributed by atoms with E-state index in [1.54, 1.807) is 0 Å². The molecule has 1 amide bonds. The maximum Gasteiger partial charge on any atom is 0.228 e. The van der Waals surface area contributed by atoms with E-state index in [2.05, 4.69) is 53.8 Å². The predicted octanol–water partition coefficient (Wildman–Crippen LogP) is 5.36. The van der Waals surface area contributed by atoms with Crippen LogP contribution in [-0.2, 0) is 16.8 Å². The Kier molecular flexibility index (Phi) is 4.61. The van der Waals surface area contributed by atoms with Gasteiger partial charge in [-0.2, -0.15) is 0 Å². The van der Waals surface area contributed by atoms with Crippen LogP contribution in [0.25, 0.3) is 10.8 Å². The number of nitrogens with one attached hydrogen (secondary N) is 1. The fourth-order valence-electron chi connectivity index (χ4n) is 4.30.